The van der Waals surface area contributed by atoms with Crippen LogP contribution in [0, 0.1) is 0 Å². The molecule has 2 rings (SSSR count). The van der Waals surface area contributed by atoms with Gasteiger partial charge in [0.2, 0.25) is 0 Å². The fraction of sp³-hybridized carbons (Fsp3) is 0.786. The van der Waals surface area contributed by atoms with E-state index in [0.717, 1.165) is 18.1 Å². The van der Waals surface area contributed by atoms with Gasteiger partial charge in [-0.1, -0.05) is 24.8 Å². The number of nitrogens with zero attached hydrogens (tertiary/aromatic N) is 2. The average molecular weight is 316 g/mol. The van der Waals surface area contributed by atoms with Crippen LogP contribution in [0.15, 0.2) is 17.6 Å². The number of ether oxygens (including phenoxy) is 1. The third-order valence-corrected chi connectivity index (χ3v) is 5.01. The van der Waals surface area contributed by atoms with Crippen LogP contribution in [-0.2, 0) is 4.74 Å². The summed E-state index contributed by atoms with van der Waals surface area (Å²) in [6.45, 7) is 6.52. The van der Waals surface area contributed by atoms with Crippen LogP contribution in [0.25, 0.3) is 0 Å². The van der Waals surface area contributed by atoms with E-state index in [2.05, 4.69) is 18.5 Å². The lowest BCUT2D eigenvalue weighted by Gasteiger charge is -2.40. The molecule has 0 aliphatic carbocycles. The zero-order valence-corrected chi connectivity index (χ0v) is 13.2. The van der Waals surface area contributed by atoms with E-state index in [1.807, 2.05) is 11.9 Å². The lowest BCUT2D eigenvalue weighted by atomic mass is 9.94. The Morgan fingerprint density at radius 1 is 1.48 bits per heavy atom. The summed E-state index contributed by atoms with van der Waals surface area (Å²) in [4.78, 5) is 6.48. The number of rotatable bonds is 5. The van der Waals surface area contributed by atoms with Gasteiger partial charge in [-0.3, -0.25) is 4.99 Å². The Labute approximate surface area is 129 Å². The Morgan fingerprint density at radius 3 is 2.81 bits per heavy atom. The van der Waals surface area contributed by atoms with Crippen LogP contribution in [0.1, 0.15) is 19.8 Å². The van der Waals surface area contributed by atoms with E-state index < -0.39 is 30.5 Å². The summed E-state index contributed by atoms with van der Waals surface area (Å²) >= 11 is 1.43. The van der Waals surface area contributed by atoms with Crippen molar-refractivity contribution in [2.24, 2.45) is 4.99 Å². The van der Waals surface area contributed by atoms with Gasteiger partial charge < -0.3 is 25.0 Å². The summed E-state index contributed by atoms with van der Waals surface area (Å²) in [6, 6.07) is -0.494. The lowest BCUT2D eigenvalue weighted by Crippen LogP contribution is -2.58. The second kappa shape index (κ2) is 7.11. The molecule has 0 aromatic heterocycles. The molecule has 2 aliphatic rings. The molecular weight excluding hydrogens is 292 g/mol. The first-order chi connectivity index (χ1) is 9.99. The zero-order chi connectivity index (χ0) is 15.6. The Bertz CT molecular complexity index is 406. The van der Waals surface area contributed by atoms with Gasteiger partial charge in [-0.15, -0.1) is 6.58 Å². The fourth-order valence-corrected chi connectivity index (χ4v) is 3.82. The lowest BCUT2D eigenvalue weighted by molar-refractivity contribution is -0.184. The standard InChI is InChI=1S/C14H24N2O4S/c1-4-6-8(17)12-11(19)10(18)9-13(20-12)21-14(15-9)16(3)7-5-2/h4,8-13,17-19H,1,5-7H2,2-3H3. The van der Waals surface area contributed by atoms with Crippen molar-refractivity contribution in [3.05, 3.63) is 12.7 Å². The van der Waals surface area contributed by atoms with Gasteiger partial charge in [0.05, 0.1) is 6.10 Å². The number of aliphatic hydroxyl groups is 3. The summed E-state index contributed by atoms with van der Waals surface area (Å²) in [7, 11) is 1.94. The average Bonchev–Trinajstić information content (AvgIpc) is 2.87. The molecule has 3 N–H and O–H groups in total. The minimum absolute atomic E-state index is 0.306. The van der Waals surface area contributed by atoms with Crippen LogP contribution >= 0.6 is 11.8 Å². The number of thioether (sulfide) groups is 1. The third-order valence-electron chi connectivity index (χ3n) is 3.76. The van der Waals surface area contributed by atoms with Crippen molar-refractivity contribution >= 4 is 16.9 Å². The van der Waals surface area contributed by atoms with Crippen molar-refractivity contribution in [2.45, 2.75) is 55.7 Å². The largest absolute Gasteiger partial charge is 0.390 e. The van der Waals surface area contributed by atoms with Crippen LogP contribution < -0.4 is 0 Å². The Balaban J connectivity index is 2.08. The van der Waals surface area contributed by atoms with Gasteiger partial charge in [0.25, 0.3) is 0 Å². The van der Waals surface area contributed by atoms with Crippen molar-refractivity contribution in [1.82, 2.24) is 4.90 Å². The first-order valence-electron chi connectivity index (χ1n) is 7.25. The zero-order valence-electron chi connectivity index (χ0n) is 12.4. The predicted octanol–water partition coefficient (Wildman–Crippen LogP) is 0.183. The van der Waals surface area contributed by atoms with Gasteiger partial charge in [-0.25, -0.2) is 0 Å². The molecule has 120 valence electrons. The molecule has 0 bridgehead atoms. The minimum atomic E-state index is -1.15. The van der Waals surface area contributed by atoms with Crippen LogP contribution in [0.2, 0.25) is 0 Å². The first kappa shape index (κ1) is 16.8. The highest BCUT2D eigenvalue weighted by Gasteiger charge is 2.50. The quantitative estimate of drug-likeness (QED) is 0.628. The molecule has 0 spiro atoms. The molecule has 0 aromatic rings. The molecule has 2 aliphatic heterocycles. The summed E-state index contributed by atoms with van der Waals surface area (Å²) in [5, 5.41) is 31.2. The van der Waals surface area contributed by atoms with E-state index in [9.17, 15) is 15.3 Å². The van der Waals surface area contributed by atoms with E-state index in [1.165, 1.54) is 11.8 Å². The molecule has 0 amide bonds. The molecular formula is C14H24N2O4S. The monoisotopic (exact) mass is 316 g/mol. The second-order valence-corrected chi connectivity index (χ2v) is 6.55. The summed E-state index contributed by atoms with van der Waals surface area (Å²) in [5.41, 5.74) is -0.373. The van der Waals surface area contributed by atoms with Crippen LogP contribution in [0.5, 0.6) is 0 Å². The second-order valence-electron chi connectivity index (χ2n) is 5.48. The Hall–Kier alpha value is -0.600. The number of aliphatic hydroxyl groups excluding tert-OH is 3. The third kappa shape index (κ3) is 3.43. The topological polar surface area (TPSA) is 85.5 Å². The molecule has 21 heavy (non-hydrogen) atoms. The maximum absolute atomic E-state index is 10.3. The summed E-state index contributed by atoms with van der Waals surface area (Å²) in [5.74, 6) is 0. The minimum Gasteiger partial charge on any atom is -0.390 e. The number of fused-ring (bicyclic) bond motifs is 1. The van der Waals surface area contributed by atoms with Gasteiger partial charge in [0, 0.05) is 13.6 Å². The van der Waals surface area contributed by atoms with E-state index in [1.54, 1.807) is 6.08 Å². The first-order valence-corrected chi connectivity index (χ1v) is 8.13. The number of aliphatic imine (C=N–C) groups is 1. The maximum atomic E-state index is 10.3. The fourth-order valence-electron chi connectivity index (χ4n) is 2.61. The molecule has 1 saturated heterocycles. The van der Waals surface area contributed by atoms with Gasteiger partial charge in [0.1, 0.15) is 29.8 Å². The highest BCUT2D eigenvalue weighted by Crippen LogP contribution is 2.38. The van der Waals surface area contributed by atoms with Crippen molar-refractivity contribution in [3.8, 4) is 0 Å². The van der Waals surface area contributed by atoms with Gasteiger partial charge >= 0.3 is 0 Å². The molecule has 0 aromatic carbocycles. The van der Waals surface area contributed by atoms with E-state index in [-0.39, 0.29) is 5.44 Å². The molecule has 2 heterocycles. The summed E-state index contributed by atoms with van der Waals surface area (Å²) < 4.78 is 5.78. The van der Waals surface area contributed by atoms with E-state index in [4.69, 9.17) is 4.74 Å². The summed E-state index contributed by atoms with van der Waals surface area (Å²) in [6.07, 6.45) is -1.02. The van der Waals surface area contributed by atoms with Gasteiger partial charge in [-0.2, -0.15) is 0 Å². The molecule has 6 unspecified atom stereocenters. The van der Waals surface area contributed by atoms with Crippen molar-refractivity contribution in [1.29, 1.82) is 0 Å². The normalized spacial score (nSPS) is 36.8. The van der Waals surface area contributed by atoms with Crippen molar-refractivity contribution in [2.75, 3.05) is 13.6 Å². The van der Waals surface area contributed by atoms with Gasteiger partial charge in [0.15, 0.2) is 5.17 Å². The van der Waals surface area contributed by atoms with Crippen LogP contribution in [0.3, 0.4) is 0 Å². The molecule has 0 saturated carbocycles. The Kier molecular flexibility index (Phi) is 5.67. The number of amidine groups is 1. The van der Waals surface area contributed by atoms with Crippen LogP contribution in [0.4, 0.5) is 0 Å². The van der Waals surface area contributed by atoms with Crippen molar-refractivity contribution < 1.29 is 20.1 Å². The number of hydrogen-bond donors (Lipinski definition) is 3. The SMILES string of the molecule is C=CCC(O)C1OC2SC(N(C)CCC)=NC2C(O)C1O. The van der Waals surface area contributed by atoms with E-state index >= 15 is 0 Å². The smallest absolute Gasteiger partial charge is 0.162 e. The molecule has 7 heteroatoms. The van der Waals surface area contributed by atoms with Gasteiger partial charge in [-0.05, 0) is 12.8 Å². The van der Waals surface area contributed by atoms with E-state index in [0.29, 0.717) is 6.42 Å². The molecule has 6 atom stereocenters. The van der Waals surface area contributed by atoms with Crippen LogP contribution in [-0.4, -0.2) is 74.9 Å². The number of hydrogen-bond acceptors (Lipinski definition) is 7. The highest BCUT2D eigenvalue weighted by atomic mass is 32.2. The predicted molar refractivity (Wildman–Crippen MR) is 83.2 cm³/mol. The highest BCUT2D eigenvalue weighted by molar-refractivity contribution is 8.14. The maximum Gasteiger partial charge on any atom is 0.162 e. The molecule has 1 fully saturated rings. The van der Waals surface area contributed by atoms with Crippen molar-refractivity contribution in [3.63, 3.8) is 0 Å². The molecule has 6 nitrogen and oxygen atoms in total. The Morgan fingerprint density at radius 2 is 2.19 bits per heavy atom. The molecule has 0 radical (unpaired) electrons.